The summed E-state index contributed by atoms with van der Waals surface area (Å²) >= 11 is 0. The van der Waals surface area contributed by atoms with Crippen molar-refractivity contribution in [2.45, 2.75) is 32.2 Å². The first-order valence-corrected chi connectivity index (χ1v) is 12.5. The van der Waals surface area contributed by atoms with E-state index in [1.165, 1.54) is 24.5 Å². The molecule has 2 heterocycles. The number of benzene rings is 3. The quantitative estimate of drug-likeness (QED) is 0.218. The molecule has 1 aliphatic heterocycles. The van der Waals surface area contributed by atoms with Gasteiger partial charge in [-0.05, 0) is 73.5 Å². The molecule has 5 rings (SSSR count). The smallest absolute Gasteiger partial charge is 0.406 e. The Labute approximate surface area is 233 Å². The third-order valence-corrected chi connectivity index (χ3v) is 6.53. The largest absolute Gasteiger partial charge is 0.573 e. The lowest BCUT2D eigenvalue weighted by Gasteiger charge is -2.25. The van der Waals surface area contributed by atoms with Gasteiger partial charge in [0.15, 0.2) is 0 Å². The van der Waals surface area contributed by atoms with Crippen LogP contribution in [0.4, 0.5) is 41.7 Å². The number of rotatable bonds is 7. The fourth-order valence-electron chi connectivity index (χ4n) is 4.30. The number of fused-ring (bicyclic) bond motifs is 2. The zero-order valence-electron chi connectivity index (χ0n) is 22.0. The zero-order valence-corrected chi connectivity index (χ0v) is 22.0. The molecule has 2 amide bonds. The summed E-state index contributed by atoms with van der Waals surface area (Å²) in [7, 11) is 0. The molecule has 0 saturated carbocycles. The number of aromatic nitrogens is 2. The Kier molecular flexibility index (Phi) is 7.22. The number of halogens is 3. The highest BCUT2D eigenvalue weighted by atomic mass is 19.4. The average molecular weight is 563 g/mol. The molecule has 4 N–H and O–H groups in total. The molecule has 210 valence electrons. The molecule has 0 saturated heterocycles. The van der Waals surface area contributed by atoms with Crippen LogP contribution in [0.15, 0.2) is 79.3 Å². The van der Waals surface area contributed by atoms with Gasteiger partial charge in [0.05, 0.1) is 28.0 Å². The van der Waals surface area contributed by atoms with E-state index in [1.807, 2.05) is 0 Å². The van der Waals surface area contributed by atoms with E-state index < -0.39 is 11.8 Å². The number of nitrogens with one attached hydrogen (secondary N) is 4. The molecule has 41 heavy (non-hydrogen) atoms. The van der Waals surface area contributed by atoms with E-state index in [0.717, 1.165) is 5.69 Å². The van der Waals surface area contributed by atoms with Gasteiger partial charge >= 0.3 is 6.36 Å². The monoisotopic (exact) mass is 562 g/mol. The van der Waals surface area contributed by atoms with Gasteiger partial charge in [0.25, 0.3) is 5.91 Å². The molecule has 4 aromatic rings. The minimum Gasteiger partial charge on any atom is -0.406 e. The van der Waals surface area contributed by atoms with E-state index in [2.05, 4.69) is 36.0 Å². The molecule has 3 aromatic carbocycles. The summed E-state index contributed by atoms with van der Waals surface area (Å²) in [6.45, 7) is 3.44. The van der Waals surface area contributed by atoms with Crippen LogP contribution in [0.1, 0.15) is 35.3 Å². The maximum Gasteiger partial charge on any atom is 0.573 e. The Morgan fingerprint density at radius 2 is 1.78 bits per heavy atom. The number of carbonyl (C=O) groups is 2. The van der Waals surface area contributed by atoms with Crippen LogP contribution in [0.5, 0.6) is 5.75 Å². The molecule has 0 atom stereocenters. The van der Waals surface area contributed by atoms with Gasteiger partial charge in [-0.25, -0.2) is 9.97 Å². The van der Waals surface area contributed by atoms with E-state index in [-0.39, 0.29) is 24.1 Å². The Balaban J connectivity index is 1.31. The molecule has 1 aliphatic rings. The lowest BCUT2D eigenvalue weighted by Crippen LogP contribution is -2.39. The third kappa shape index (κ3) is 6.38. The highest BCUT2D eigenvalue weighted by Crippen LogP contribution is 2.37. The highest BCUT2D eigenvalue weighted by molar-refractivity contribution is 6.12. The number of carbonyl (C=O) groups excluding carboxylic acids is 2. The summed E-state index contributed by atoms with van der Waals surface area (Å²) in [5.41, 5.74) is 2.91. The summed E-state index contributed by atoms with van der Waals surface area (Å²) < 4.78 is 41.6. The van der Waals surface area contributed by atoms with E-state index in [4.69, 9.17) is 0 Å². The van der Waals surface area contributed by atoms with Crippen molar-refractivity contribution in [3.05, 3.63) is 95.9 Å². The van der Waals surface area contributed by atoms with Gasteiger partial charge in [0.1, 0.15) is 17.9 Å². The lowest BCUT2D eigenvalue weighted by molar-refractivity contribution is -0.274. The zero-order chi connectivity index (χ0) is 29.2. The summed E-state index contributed by atoms with van der Waals surface area (Å²) in [5, 5.41) is 12.1. The second-order valence-corrected chi connectivity index (χ2v) is 9.82. The lowest BCUT2D eigenvalue weighted by atomic mass is 9.83. The fourth-order valence-corrected chi connectivity index (χ4v) is 4.30. The second kappa shape index (κ2) is 10.8. The van der Waals surface area contributed by atoms with E-state index in [9.17, 15) is 22.8 Å². The van der Waals surface area contributed by atoms with Crippen LogP contribution in [0.3, 0.4) is 0 Å². The first kappa shape index (κ1) is 27.4. The van der Waals surface area contributed by atoms with Crippen LogP contribution in [0.2, 0.25) is 0 Å². The van der Waals surface area contributed by atoms with Gasteiger partial charge in [-0.3, -0.25) is 9.59 Å². The summed E-state index contributed by atoms with van der Waals surface area (Å²) in [4.78, 5) is 34.3. The first-order valence-electron chi connectivity index (χ1n) is 12.5. The Bertz CT molecular complexity index is 1610. The van der Waals surface area contributed by atoms with Gasteiger partial charge in [0.2, 0.25) is 5.91 Å². The maximum absolute atomic E-state index is 13.2. The number of nitrogens with zero attached hydrogens (tertiary/aromatic N) is 2. The molecule has 1 aromatic heterocycles. The number of ether oxygens (including phenoxy) is 1. The minimum absolute atomic E-state index is 0.00123. The van der Waals surface area contributed by atoms with E-state index in [1.54, 1.807) is 68.6 Å². The predicted octanol–water partition coefficient (Wildman–Crippen LogP) is 6.02. The molecule has 0 fully saturated rings. The van der Waals surface area contributed by atoms with Gasteiger partial charge in [-0.2, -0.15) is 0 Å². The second-order valence-electron chi connectivity index (χ2n) is 9.82. The summed E-state index contributed by atoms with van der Waals surface area (Å²) in [5.74, 6) is -0.433. The molecule has 0 aliphatic carbocycles. The summed E-state index contributed by atoms with van der Waals surface area (Å²) in [6.07, 6.45) is -1.76. The van der Waals surface area contributed by atoms with Gasteiger partial charge in [-0.15, -0.1) is 13.2 Å². The van der Waals surface area contributed by atoms with Gasteiger partial charge < -0.3 is 26.0 Å². The van der Waals surface area contributed by atoms with Crippen LogP contribution in [-0.2, 0) is 16.8 Å². The summed E-state index contributed by atoms with van der Waals surface area (Å²) in [6, 6.07) is 17.7. The topological polar surface area (TPSA) is 117 Å². The molecular weight excluding hydrogens is 537 g/mol. The van der Waals surface area contributed by atoms with Gasteiger partial charge in [-0.1, -0.05) is 18.2 Å². The van der Waals surface area contributed by atoms with Crippen molar-refractivity contribution in [1.29, 1.82) is 0 Å². The van der Waals surface area contributed by atoms with Crippen molar-refractivity contribution in [1.82, 2.24) is 15.3 Å². The molecule has 12 heteroatoms. The predicted molar refractivity (Wildman–Crippen MR) is 147 cm³/mol. The SMILES string of the molecule is CC(C)(C(=O)NCc1cccc(OC(F)(F)F)c1)c1ccc2c(c1)NC(=O)c1ccc(Nc3ccncn3)cc1N2. The van der Waals surface area contributed by atoms with Crippen molar-refractivity contribution < 1.29 is 27.5 Å². The number of amides is 2. The van der Waals surface area contributed by atoms with E-state index in [0.29, 0.717) is 39.6 Å². The Morgan fingerprint density at radius 3 is 2.54 bits per heavy atom. The van der Waals surface area contributed by atoms with Crippen molar-refractivity contribution in [2.24, 2.45) is 0 Å². The first-order chi connectivity index (χ1) is 19.5. The van der Waals surface area contributed by atoms with Crippen molar-refractivity contribution in [2.75, 3.05) is 16.0 Å². The number of alkyl halides is 3. The van der Waals surface area contributed by atoms with Crippen LogP contribution in [-0.4, -0.2) is 28.1 Å². The molecule has 0 spiro atoms. The molecule has 9 nitrogen and oxygen atoms in total. The maximum atomic E-state index is 13.2. The number of hydrogen-bond acceptors (Lipinski definition) is 7. The molecular formula is C29H25F3N6O3. The highest BCUT2D eigenvalue weighted by Gasteiger charge is 2.32. The van der Waals surface area contributed by atoms with Crippen LogP contribution in [0.25, 0.3) is 0 Å². The number of anilines is 5. The van der Waals surface area contributed by atoms with Crippen molar-refractivity contribution >= 4 is 40.4 Å². The van der Waals surface area contributed by atoms with Crippen molar-refractivity contribution in [3.8, 4) is 5.75 Å². The van der Waals surface area contributed by atoms with Crippen LogP contribution in [0, 0.1) is 0 Å². The standard InChI is InChI=1S/C29H25F3N6O3/c1-28(2,27(40)34-15-17-4-3-5-20(12-17)41-29(30,31)32)18-6-9-22-24(13-18)38-26(39)21-8-7-19(14-23(21)37-22)36-25-10-11-33-16-35-25/h3-14,16,37H,15H2,1-2H3,(H,34,40)(H,38,39)(H,33,35,36). The van der Waals surface area contributed by atoms with Crippen LogP contribution < -0.4 is 26.0 Å². The average Bonchev–Trinajstić information content (AvgIpc) is 3.06. The van der Waals surface area contributed by atoms with Gasteiger partial charge in [0, 0.05) is 18.4 Å². The molecule has 0 radical (unpaired) electrons. The van der Waals surface area contributed by atoms with E-state index >= 15 is 0 Å². The Morgan fingerprint density at radius 1 is 0.951 bits per heavy atom. The number of hydrogen-bond donors (Lipinski definition) is 4. The third-order valence-electron chi connectivity index (χ3n) is 6.53. The van der Waals surface area contributed by atoms with Crippen LogP contribution >= 0.6 is 0 Å². The molecule has 0 bridgehead atoms. The Hall–Kier alpha value is -5.13. The normalized spacial score (nSPS) is 12.7. The molecule has 0 unspecified atom stereocenters. The van der Waals surface area contributed by atoms with Crippen molar-refractivity contribution in [3.63, 3.8) is 0 Å². The minimum atomic E-state index is -4.81. The fraction of sp³-hybridized carbons (Fsp3) is 0.172.